The summed E-state index contributed by atoms with van der Waals surface area (Å²) in [6, 6.07) is 0. The van der Waals surface area contributed by atoms with Gasteiger partial charge in [-0.25, -0.2) is 0 Å². The lowest BCUT2D eigenvalue weighted by molar-refractivity contribution is -0.0969. The molecule has 0 spiro atoms. The van der Waals surface area contributed by atoms with E-state index in [4.69, 9.17) is 0 Å². The molecule has 3 fully saturated rings. The first-order chi connectivity index (χ1) is 13.7. The normalized spacial score (nSPS) is 47.5. The fourth-order valence-electron chi connectivity index (χ4n) is 8.44. The van der Waals surface area contributed by atoms with Crippen molar-refractivity contribution in [3.63, 3.8) is 0 Å². The highest BCUT2D eigenvalue weighted by molar-refractivity contribution is 5.27. The van der Waals surface area contributed by atoms with E-state index in [0.29, 0.717) is 23.2 Å². The first-order valence-electron chi connectivity index (χ1n) is 12.4. The molecule has 3 saturated carbocycles. The molecule has 0 saturated heterocycles. The van der Waals surface area contributed by atoms with Gasteiger partial charge in [-0.2, -0.15) is 0 Å². The van der Waals surface area contributed by atoms with Crippen molar-refractivity contribution in [1.82, 2.24) is 0 Å². The number of hydrogen-bond donors (Lipinski definition) is 2. The molecule has 2 heteroatoms. The second kappa shape index (κ2) is 7.83. The first-order valence-corrected chi connectivity index (χ1v) is 12.4. The third-order valence-electron chi connectivity index (χ3n) is 10.0. The van der Waals surface area contributed by atoms with E-state index in [9.17, 15) is 10.2 Å². The third kappa shape index (κ3) is 3.57. The maximum Gasteiger partial charge on any atom is 0.0757 e. The van der Waals surface area contributed by atoms with Gasteiger partial charge in [-0.1, -0.05) is 44.1 Å². The summed E-state index contributed by atoms with van der Waals surface area (Å²) in [6.07, 6.45) is 14.6. The molecule has 0 radical (unpaired) electrons. The lowest BCUT2D eigenvalue weighted by atomic mass is 9.46. The molecule has 0 heterocycles. The summed E-state index contributed by atoms with van der Waals surface area (Å²) < 4.78 is 0. The molecule has 0 aliphatic heterocycles. The Morgan fingerprint density at radius 3 is 2.59 bits per heavy atom. The van der Waals surface area contributed by atoms with Crippen LogP contribution in [0, 0.1) is 40.4 Å². The maximum atomic E-state index is 11.3. The summed E-state index contributed by atoms with van der Waals surface area (Å²) in [5, 5.41) is 21.5. The van der Waals surface area contributed by atoms with Crippen LogP contribution < -0.4 is 0 Å². The molecule has 0 unspecified atom stereocenters. The molecule has 164 valence electrons. The van der Waals surface area contributed by atoms with Crippen LogP contribution in [-0.4, -0.2) is 22.4 Å². The highest BCUT2D eigenvalue weighted by Crippen LogP contribution is 2.67. The molecule has 0 aromatic rings. The zero-order chi connectivity index (χ0) is 21.0. The van der Waals surface area contributed by atoms with Crippen molar-refractivity contribution in [2.75, 3.05) is 0 Å². The molecule has 2 nitrogen and oxygen atoms in total. The molecule has 29 heavy (non-hydrogen) atoms. The zero-order valence-electron chi connectivity index (χ0n) is 19.5. The van der Waals surface area contributed by atoms with Crippen LogP contribution in [0.25, 0.3) is 0 Å². The molecule has 4 aliphatic carbocycles. The van der Waals surface area contributed by atoms with E-state index in [0.717, 1.165) is 31.1 Å². The van der Waals surface area contributed by atoms with Gasteiger partial charge in [-0.3, -0.25) is 0 Å². The molecular weight excluding hydrogens is 356 g/mol. The van der Waals surface area contributed by atoms with Gasteiger partial charge in [0.15, 0.2) is 0 Å². The lowest BCUT2D eigenvalue weighted by Crippen LogP contribution is -2.54. The number of fused-ring (bicyclic) bond motifs is 5. The van der Waals surface area contributed by atoms with E-state index < -0.39 is 0 Å². The predicted octanol–water partition coefficient (Wildman–Crippen LogP) is 6.28. The van der Waals surface area contributed by atoms with Crippen LogP contribution in [0.5, 0.6) is 0 Å². The highest BCUT2D eigenvalue weighted by Gasteiger charge is 2.61. The average molecular weight is 401 g/mol. The van der Waals surface area contributed by atoms with Gasteiger partial charge in [-0.15, -0.1) is 0 Å². The van der Waals surface area contributed by atoms with Gasteiger partial charge in [0.1, 0.15) is 0 Å². The first kappa shape index (κ1) is 21.6. The monoisotopic (exact) mass is 400 g/mol. The fourth-order valence-corrected chi connectivity index (χ4v) is 8.44. The minimum atomic E-state index is -0.308. The van der Waals surface area contributed by atoms with Crippen molar-refractivity contribution < 1.29 is 10.2 Å². The molecule has 4 rings (SSSR count). The molecule has 9 atom stereocenters. The quantitative estimate of drug-likeness (QED) is 0.545. The summed E-state index contributed by atoms with van der Waals surface area (Å²) >= 11 is 0. The Kier molecular flexibility index (Phi) is 5.84. The number of hydrogen-bond acceptors (Lipinski definition) is 2. The second-order valence-electron chi connectivity index (χ2n) is 11.9. The van der Waals surface area contributed by atoms with Gasteiger partial charge in [0.05, 0.1) is 12.2 Å². The van der Waals surface area contributed by atoms with Crippen LogP contribution >= 0.6 is 0 Å². The highest BCUT2D eigenvalue weighted by atomic mass is 16.3. The molecule has 0 bridgehead atoms. The topological polar surface area (TPSA) is 40.5 Å². The van der Waals surface area contributed by atoms with Gasteiger partial charge >= 0.3 is 0 Å². The molecule has 0 amide bonds. The molecule has 0 aromatic carbocycles. The van der Waals surface area contributed by atoms with Crippen molar-refractivity contribution >= 4 is 0 Å². The Labute approximate surface area is 178 Å². The second-order valence-corrected chi connectivity index (χ2v) is 11.9. The van der Waals surface area contributed by atoms with Crippen LogP contribution in [0.4, 0.5) is 0 Å². The number of aliphatic hydroxyl groups excluding tert-OH is 2. The standard InChI is InChI=1S/C27H44O2/c1-17(2)7-6-8-18(3)21-9-10-22-25-23(12-14-27(21,22)5)26(4)13-11-20(28)15-19(26)16-24(25)29/h7,16,18,20-25,28-29H,6,8-15H2,1-5H3/t18-,20+,21-,22+,23+,24+,25+,26+,27-/m1/s1. The Morgan fingerprint density at radius 2 is 1.86 bits per heavy atom. The third-order valence-corrected chi connectivity index (χ3v) is 10.0. The number of allylic oxidation sites excluding steroid dienone is 2. The largest absolute Gasteiger partial charge is 0.393 e. The minimum absolute atomic E-state index is 0.204. The fraction of sp³-hybridized carbons (Fsp3) is 0.852. The summed E-state index contributed by atoms with van der Waals surface area (Å²) in [6.45, 7) is 11.9. The maximum absolute atomic E-state index is 11.3. The molecule has 0 aromatic heterocycles. The van der Waals surface area contributed by atoms with Gasteiger partial charge in [0, 0.05) is 0 Å². The Balaban J connectivity index is 1.56. The van der Waals surface area contributed by atoms with Crippen molar-refractivity contribution in [2.45, 2.75) is 105 Å². The Hall–Kier alpha value is -0.600. The molecule has 2 N–H and O–H groups in total. The van der Waals surface area contributed by atoms with E-state index in [1.165, 1.54) is 49.7 Å². The zero-order valence-corrected chi connectivity index (χ0v) is 19.5. The van der Waals surface area contributed by atoms with Gasteiger partial charge in [-0.05, 0) is 112 Å². The van der Waals surface area contributed by atoms with E-state index in [-0.39, 0.29) is 17.6 Å². The summed E-state index contributed by atoms with van der Waals surface area (Å²) in [7, 11) is 0. The van der Waals surface area contributed by atoms with Crippen molar-refractivity contribution in [1.29, 1.82) is 0 Å². The van der Waals surface area contributed by atoms with E-state index in [1.54, 1.807) is 0 Å². The van der Waals surface area contributed by atoms with E-state index in [2.05, 4.69) is 46.8 Å². The van der Waals surface area contributed by atoms with Gasteiger partial charge < -0.3 is 10.2 Å². The van der Waals surface area contributed by atoms with Crippen LogP contribution in [0.15, 0.2) is 23.3 Å². The molecular formula is C27H44O2. The minimum Gasteiger partial charge on any atom is -0.393 e. The smallest absolute Gasteiger partial charge is 0.0757 e. The Bertz CT molecular complexity index is 674. The van der Waals surface area contributed by atoms with Crippen LogP contribution in [0.3, 0.4) is 0 Å². The summed E-state index contributed by atoms with van der Waals surface area (Å²) in [5.41, 5.74) is 3.39. The van der Waals surface area contributed by atoms with Crippen LogP contribution in [0.2, 0.25) is 0 Å². The number of aliphatic hydroxyl groups is 2. The predicted molar refractivity (Wildman–Crippen MR) is 120 cm³/mol. The van der Waals surface area contributed by atoms with Gasteiger partial charge in [0.25, 0.3) is 0 Å². The van der Waals surface area contributed by atoms with Gasteiger partial charge in [0.2, 0.25) is 0 Å². The van der Waals surface area contributed by atoms with E-state index in [1.807, 2.05) is 0 Å². The molecule has 4 aliphatic rings. The van der Waals surface area contributed by atoms with Crippen molar-refractivity contribution in [3.05, 3.63) is 23.3 Å². The van der Waals surface area contributed by atoms with Crippen molar-refractivity contribution in [3.8, 4) is 0 Å². The summed E-state index contributed by atoms with van der Waals surface area (Å²) in [5.74, 6) is 3.26. The average Bonchev–Trinajstić information content (AvgIpc) is 3.00. The number of rotatable bonds is 4. The lowest BCUT2D eigenvalue weighted by Gasteiger charge is -2.59. The SMILES string of the molecule is CC(C)=CCC[C@@H](C)[C@H]1CC[C@H]2[C@@H]3[C@@H](O)C=C4C[C@@H](O)CC[C@]4(C)[C@H]3CC[C@]12C. The van der Waals surface area contributed by atoms with Crippen LogP contribution in [0.1, 0.15) is 92.4 Å². The van der Waals surface area contributed by atoms with Crippen molar-refractivity contribution in [2.24, 2.45) is 40.4 Å². The summed E-state index contributed by atoms with van der Waals surface area (Å²) in [4.78, 5) is 0. The van der Waals surface area contributed by atoms with Crippen LogP contribution in [-0.2, 0) is 0 Å². The Morgan fingerprint density at radius 1 is 1.10 bits per heavy atom. The van der Waals surface area contributed by atoms with E-state index >= 15 is 0 Å².